The molecular formula is C29H31N2O+. The van der Waals surface area contributed by atoms with Gasteiger partial charge in [0.25, 0.3) is 0 Å². The Bertz CT molecular complexity index is 1280. The smallest absolute Gasteiger partial charge is 0.209 e. The molecule has 5 aliphatic rings. The summed E-state index contributed by atoms with van der Waals surface area (Å²) in [5.74, 6) is 0. The molecule has 2 aromatic carbocycles. The fourth-order valence-corrected chi connectivity index (χ4v) is 7.22. The monoisotopic (exact) mass is 423 g/mol. The van der Waals surface area contributed by atoms with Crippen molar-refractivity contribution in [2.24, 2.45) is 0 Å². The predicted octanol–water partition coefficient (Wildman–Crippen LogP) is 5.62. The minimum absolute atomic E-state index is 0.00890. The van der Waals surface area contributed by atoms with Crippen molar-refractivity contribution in [3.63, 3.8) is 0 Å². The highest BCUT2D eigenvalue weighted by Crippen LogP contribution is 2.53. The largest absolute Gasteiger partial charge is 0.365 e. The van der Waals surface area contributed by atoms with Crippen LogP contribution in [0.25, 0.3) is 0 Å². The molecule has 0 amide bonds. The molecule has 2 unspecified atom stereocenters. The van der Waals surface area contributed by atoms with E-state index in [-0.39, 0.29) is 23.0 Å². The van der Waals surface area contributed by atoms with E-state index < -0.39 is 0 Å². The molecule has 3 nitrogen and oxygen atoms in total. The molecule has 2 atom stereocenters. The Kier molecular flexibility index (Phi) is 3.55. The molecule has 0 fully saturated rings. The number of anilines is 1. The van der Waals surface area contributed by atoms with E-state index in [1.807, 2.05) is 0 Å². The zero-order valence-electron chi connectivity index (χ0n) is 19.5. The molecular weight excluding hydrogens is 392 g/mol. The number of ether oxygens (including phenoxy) is 1. The average molecular weight is 424 g/mol. The van der Waals surface area contributed by atoms with Gasteiger partial charge in [0.05, 0.1) is 17.6 Å². The third-order valence-electron chi connectivity index (χ3n) is 8.57. The van der Waals surface area contributed by atoms with Crippen LogP contribution in [-0.4, -0.2) is 35.6 Å². The van der Waals surface area contributed by atoms with Crippen molar-refractivity contribution in [3.05, 3.63) is 82.6 Å². The highest BCUT2D eigenvalue weighted by Gasteiger charge is 2.54. The van der Waals surface area contributed by atoms with Crippen molar-refractivity contribution < 1.29 is 9.31 Å². The summed E-state index contributed by atoms with van der Waals surface area (Å²) in [6.07, 6.45) is 5.09. The van der Waals surface area contributed by atoms with E-state index in [0.717, 1.165) is 25.9 Å². The summed E-state index contributed by atoms with van der Waals surface area (Å²) in [6, 6.07) is 17.9. The molecule has 0 saturated carbocycles. The molecule has 3 heteroatoms. The van der Waals surface area contributed by atoms with Gasteiger partial charge in [-0.2, -0.15) is 4.58 Å². The van der Waals surface area contributed by atoms with Crippen LogP contribution in [0.2, 0.25) is 0 Å². The quantitative estimate of drug-likeness (QED) is 0.511. The van der Waals surface area contributed by atoms with E-state index in [0.29, 0.717) is 0 Å². The molecule has 5 aliphatic heterocycles. The normalized spacial score (nSPS) is 28.4. The first-order valence-corrected chi connectivity index (χ1v) is 12.1. The van der Waals surface area contributed by atoms with Crippen LogP contribution in [0.4, 0.5) is 11.4 Å². The third kappa shape index (κ3) is 2.18. The van der Waals surface area contributed by atoms with Crippen molar-refractivity contribution in [3.8, 4) is 0 Å². The Morgan fingerprint density at radius 1 is 0.875 bits per heavy atom. The maximum absolute atomic E-state index is 6.89. The first kappa shape index (κ1) is 18.9. The highest BCUT2D eigenvalue weighted by molar-refractivity contribution is 6.08. The standard InChI is InChI=1S/C29H31N2O/c1-28(2)20-9-5-7-11-22(20)30-15-13-24-18(26(28)30)17-19-25(32-24)14-16-31-23-12-8-6-10-21(23)29(3,4)27(19)31/h5-12,17,24-25H,13-16H2,1-4H3/q+1. The summed E-state index contributed by atoms with van der Waals surface area (Å²) in [6.45, 7) is 11.6. The zero-order chi connectivity index (χ0) is 21.8. The van der Waals surface area contributed by atoms with Crippen molar-refractivity contribution >= 4 is 17.1 Å². The summed E-state index contributed by atoms with van der Waals surface area (Å²) >= 11 is 0. The van der Waals surface area contributed by atoms with E-state index in [9.17, 15) is 0 Å². The Labute approximate surface area is 190 Å². The first-order chi connectivity index (χ1) is 15.4. The van der Waals surface area contributed by atoms with Gasteiger partial charge in [-0.15, -0.1) is 0 Å². The Morgan fingerprint density at radius 3 is 2.47 bits per heavy atom. The number of allylic oxidation sites excluding steroid dienone is 1. The molecule has 0 aromatic heterocycles. The summed E-state index contributed by atoms with van der Waals surface area (Å²) in [5.41, 5.74) is 11.3. The molecule has 5 heterocycles. The second kappa shape index (κ2) is 6.02. The lowest BCUT2D eigenvalue weighted by atomic mass is 9.74. The molecule has 0 N–H and O–H groups in total. The second-order valence-electron chi connectivity index (χ2n) is 11.0. The minimum atomic E-state index is -0.00890. The van der Waals surface area contributed by atoms with Gasteiger partial charge in [0.2, 0.25) is 5.69 Å². The lowest BCUT2D eigenvalue weighted by Gasteiger charge is -2.42. The minimum Gasteiger partial charge on any atom is -0.365 e. The van der Waals surface area contributed by atoms with Crippen molar-refractivity contribution in [2.75, 3.05) is 18.0 Å². The molecule has 0 spiro atoms. The van der Waals surface area contributed by atoms with Crippen molar-refractivity contribution in [1.29, 1.82) is 0 Å². The van der Waals surface area contributed by atoms with Gasteiger partial charge in [0, 0.05) is 52.5 Å². The van der Waals surface area contributed by atoms with Crippen molar-refractivity contribution in [2.45, 2.75) is 63.6 Å². The number of nitrogens with zero attached hydrogens (tertiary/aromatic N) is 2. The van der Waals surface area contributed by atoms with Crippen molar-refractivity contribution in [1.82, 2.24) is 0 Å². The number of para-hydroxylation sites is 2. The van der Waals surface area contributed by atoms with E-state index in [1.165, 1.54) is 45.1 Å². The number of rotatable bonds is 0. The van der Waals surface area contributed by atoms with Crippen LogP contribution in [0.15, 0.2) is 71.5 Å². The Morgan fingerprint density at radius 2 is 1.62 bits per heavy atom. The molecule has 0 radical (unpaired) electrons. The van der Waals surface area contributed by atoms with Crippen LogP contribution in [0.3, 0.4) is 0 Å². The van der Waals surface area contributed by atoms with Crippen LogP contribution in [0.1, 0.15) is 51.7 Å². The molecule has 32 heavy (non-hydrogen) atoms. The van der Waals surface area contributed by atoms with Crippen LogP contribution in [0, 0.1) is 0 Å². The van der Waals surface area contributed by atoms with E-state index in [1.54, 1.807) is 0 Å². The van der Waals surface area contributed by atoms with Gasteiger partial charge in [0.1, 0.15) is 0 Å². The SMILES string of the molecule is CC1(C)C2=C3C=C4C5=[N+](CCC4OC3CCN2c2ccccc21)c1ccccc1C5(C)C. The van der Waals surface area contributed by atoms with Crippen LogP contribution in [-0.2, 0) is 15.6 Å². The van der Waals surface area contributed by atoms with Gasteiger partial charge in [-0.1, -0.05) is 50.2 Å². The molecule has 162 valence electrons. The molecule has 0 saturated heterocycles. The van der Waals surface area contributed by atoms with Crippen LogP contribution >= 0.6 is 0 Å². The fraction of sp³-hybridized carbons (Fsp3) is 0.414. The fourth-order valence-electron chi connectivity index (χ4n) is 7.22. The zero-order valence-corrected chi connectivity index (χ0v) is 19.5. The predicted molar refractivity (Wildman–Crippen MR) is 129 cm³/mol. The lowest BCUT2D eigenvalue weighted by Crippen LogP contribution is -2.47. The van der Waals surface area contributed by atoms with Gasteiger partial charge < -0.3 is 9.64 Å². The number of hydrogen-bond donors (Lipinski definition) is 0. The maximum atomic E-state index is 6.89. The van der Waals surface area contributed by atoms with Crippen LogP contribution < -0.4 is 4.90 Å². The first-order valence-electron chi connectivity index (χ1n) is 12.1. The Balaban J connectivity index is 1.46. The topological polar surface area (TPSA) is 15.5 Å². The summed E-state index contributed by atoms with van der Waals surface area (Å²) < 4.78 is 9.47. The molecule has 7 rings (SSSR count). The molecule has 0 aliphatic carbocycles. The summed E-state index contributed by atoms with van der Waals surface area (Å²) in [5, 5.41) is 0. The number of benzene rings is 2. The molecule has 2 aromatic rings. The van der Waals surface area contributed by atoms with E-state index >= 15 is 0 Å². The van der Waals surface area contributed by atoms with Gasteiger partial charge in [-0.25, -0.2) is 0 Å². The Hall–Kier alpha value is -2.65. The summed E-state index contributed by atoms with van der Waals surface area (Å²) in [4.78, 5) is 2.57. The average Bonchev–Trinajstić information content (AvgIpc) is 3.18. The maximum Gasteiger partial charge on any atom is 0.209 e. The lowest BCUT2D eigenvalue weighted by molar-refractivity contribution is -0.445. The van der Waals surface area contributed by atoms with Gasteiger partial charge in [0.15, 0.2) is 12.3 Å². The molecule has 0 bridgehead atoms. The van der Waals surface area contributed by atoms with Gasteiger partial charge >= 0.3 is 0 Å². The number of hydrogen-bond acceptors (Lipinski definition) is 2. The van der Waals surface area contributed by atoms with Crippen LogP contribution in [0.5, 0.6) is 0 Å². The van der Waals surface area contributed by atoms with Gasteiger partial charge in [-0.3, -0.25) is 0 Å². The van der Waals surface area contributed by atoms with E-state index in [4.69, 9.17) is 4.74 Å². The van der Waals surface area contributed by atoms with E-state index in [2.05, 4.69) is 91.8 Å². The highest BCUT2D eigenvalue weighted by atomic mass is 16.5. The number of fused-ring (bicyclic) bond motifs is 8. The third-order valence-corrected chi connectivity index (χ3v) is 8.57. The second-order valence-corrected chi connectivity index (χ2v) is 11.0. The van der Waals surface area contributed by atoms with Gasteiger partial charge in [-0.05, 0) is 38.0 Å². The summed E-state index contributed by atoms with van der Waals surface area (Å²) in [7, 11) is 0.